The van der Waals surface area contributed by atoms with Crippen molar-refractivity contribution >= 4 is 43.6 Å². The van der Waals surface area contributed by atoms with Crippen LogP contribution in [0.15, 0.2) is 25.7 Å². The number of amides is 1. The second-order valence-corrected chi connectivity index (χ2v) is 6.93. The summed E-state index contributed by atoms with van der Waals surface area (Å²) in [5.41, 5.74) is 6.48. The van der Waals surface area contributed by atoms with Gasteiger partial charge in [-0.1, -0.05) is 22.9 Å². The van der Waals surface area contributed by atoms with Crippen LogP contribution in [0.3, 0.4) is 0 Å². The Morgan fingerprint density at radius 1 is 1.32 bits per heavy atom. The number of nitrogens with one attached hydrogen (secondary N) is 2. The maximum absolute atomic E-state index is 11.8. The first-order chi connectivity index (χ1) is 12.0. The molecule has 1 aromatic carbocycles. The van der Waals surface area contributed by atoms with Gasteiger partial charge < -0.3 is 21.1 Å². The number of rotatable bonds is 9. The second-order valence-electron chi connectivity index (χ2n) is 5.16. The van der Waals surface area contributed by atoms with E-state index in [0.29, 0.717) is 26.2 Å². The van der Waals surface area contributed by atoms with Gasteiger partial charge in [-0.05, 0) is 44.8 Å². The van der Waals surface area contributed by atoms with Crippen LogP contribution in [0, 0.1) is 0 Å². The van der Waals surface area contributed by atoms with Crippen molar-refractivity contribution in [3.8, 4) is 5.75 Å². The minimum Gasteiger partial charge on any atom is -0.492 e. The molecular weight excluding hydrogens is 458 g/mol. The van der Waals surface area contributed by atoms with E-state index in [2.05, 4.69) is 64.4 Å². The van der Waals surface area contributed by atoms with Crippen LogP contribution in [-0.2, 0) is 6.54 Å². The maximum Gasteiger partial charge on any atom is 0.277 e. The van der Waals surface area contributed by atoms with Crippen molar-refractivity contribution in [2.24, 2.45) is 0 Å². The van der Waals surface area contributed by atoms with Crippen LogP contribution in [0.1, 0.15) is 29.4 Å². The molecule has 0 aliphatic carbocycles. The average Bonchev–Trinajstić information content (AvgIpc) is 2.99. The number of benzene rings is 1. The number of nitrogen functional groups attached to an aromatic ring is 1. The van der Waals surface area contributed by atoms with Gasteiger partial charge in [-0.15, -0.1) is 0 Å². The SMILES string of the molecule is CCCOc1c(Br)cc(Br)cc1CNCCNC(=O)c1nonc1N. The van der Waals surface area contributed by atoms with E-state index in [-0.39, 0.29) is 11.5 Å². The summed E-state index contributed by atoms with van der Waals surface area (Å²) in [5.74, 6) is 0.378. The molecule has 1 amide bonds. The van der Waals surface area contributed by atoms with E-state index in [9.17, 15) is 4.79 Å². The van der Waals surface area contributed by atoms with E-state index in [0.717, 1.165) is 26.7 Å². The average molecular weight is 477 g/mol. The van der Waals surface area contributed by atoms with Crippen LogP contribution in [0.25, 0.3) is 0 Å². The number of halogens is 2. The summed E-state index contributed by atoms with van der Waals surface area (Å²) >= 11 is 7.01. The number of hydrogen-bond acceptors (Lipinski definition) is 7. The van der Waals surface area contributed by atoms with E-state index in [1.807, 2.05) is 12.1 Å². The van der Waals surface area contributed by atoms with Gasteiger partial charge in [-0.3, -0.25) is 4.79 Å². The van der Waals surface area contributed by atoms with Gasteiger partial charge in [0.2, 0.25) is 11.5 Å². The van der Waals surface area contributed by atoms with Gasteiger partial charge in [0.15, 0.2) is 0 Å². The molecule has 0 aliphatic heterocycles. The first kappa shape index (κ1) is 19.7. The van der Waals surface area contributed by atoms with Gasteiger partial charge in [-0.25, -0.2) is 4.63 Å². The Kier molecular flexibility index (Phi) is 7.66. The molecule has 0 bridgehead atoms. The monoisotopic (exact) mass is 475 g/mol. The molecule has 0 unspecified atom stereocenters. The fourth-order valence-electron chi connectivity index (χ4n) is 2.03. The summed E-state index contributed by atoms with van der Waals surface area (Å²) in [6, 6.07) is 3.95. The van der Waals surface area contributed by atoms with Crippen molar-refractivity contribution in [1.82, 2.24) is 20.9 Å². The van der Waals surface area contributed by atoms with Gasteiger partial charge in [-0.2, -0.15) is 0 Å². The van der Waals surface area contributed by atoms with Gasteiger partial charge in [0.1, 0.15) is 5.75 Å². The number of ether oxygens (including phenoxy) is 1. The molecule has 0 saturated heterocycles. The Morgan fingerprint density at radius 2 is 2.12 bits per heavy atom. The Balaban J connectivity index is 1.83. The zero-order chi connectivity index (χ0) is 18.2. The Bertz CT molecular complexity index is 723. The minimum absolute atomic E-state index is 0.00817. The molecule has 0 fully saturated rings. The number of aromatic nitrogens is 2. The van der Waals surface area contributed by atoms with E-state index < -0.39 is 5.91 Å². The zero-order valence-corrected chi connectivity index (χ0v) is 16.8. The third-order valence-electron chi connectivity index (χ3n) is 3.17. The molecule has 0 saturated carbocycles. The molecule has 0 aliphatic rings. The highest BCUT2D eigenvalue weighted by Crippen LogP contribution is 2.33. The van der Waals surface area contributed by atoms with Gasteiger partial charge in [0.05, 0.1) is 11.1 Å². The van der Waals surface area contributed by atoms with Gasteiger partial charge in [0.25, 0.3) is 5.91 Å². The highest BCUT2D eigenvalue weighted by Gasteiger charge is 2.15. The molecule has 25 heavy (non-hydrogen) atoms. The molecule has 0 spiro atoms. The van der Waals surface area contributed by atoms with Crippen molar-refractivity contribution in [2.45, 2.75) is 19.9 Å². The normalized spacial score (nSPS) is 10.7. The zero-order valence-electron chi connectivity index (χ0n) is 13.6. The molecule has 10 heteroatoms. The van der Waals surface area contributed by atoms with E-state index in [4.69, 9.17) is 10.5 Å². The molecule has 0 radical (unpaired) electrons. The van der Waals surface area contributed by atoms with Crippen molar-refractivity contribution in [1.29, 1.82) is 0 Å². The Labute approximate surface area is 162 Å². The molecule has 2 rings (SSSR count). The predicted octanol–water partition coefficient (Wildman–Crippen LogP) is 2.49. The fraction of sp³-hybridized carbons (Fsp3) is 0.400. The van der Waals surface area contributed by atoms with E-state index in [1.165, 1.54) is 0 Å². The largest absolute Gasteiger partial charge is 0.492 e. The quantitative estimate of drug-likeness (QED) is 0.476. The number of carbonyl (C=O) groups is 1. The minimum atomic E-state index is -0.419. The van der Waals surface area contributed by atoms with Crippen LogP contribution in [0.2, 0.25) is 0 Å². The molecule has 1 aromatic heterocycles. The van der Waals surface area contributed by atoms with Crippen LogP contribution in [0.4, 0.5) is 5.82 Å². The van der Waals surface area contributed by atoms with Gasteiger partial charge in [0, 0.05) is 29.7 Å². The molecule has 8 nitrogen and oxygen atoms in total. The lowest BCUT2D eigenvalue weighted by Crippen LogP contribution is -2.32. The number of hydrogen-bond donors (Lipinski definition) is 3. The highest BCUT2D eigenvalue weighted by molar-refractivity contribution is 9.11. The Hall–Kier alpha value is -1.65. The van der Waals surface area contributed by atoms with E-state index in [1.54, 1.807) is 0 Å². The summed E-state index contributed by atoms with van der Waals surface area (Å²) in [4.78, 5) is 11.8. The van der Waals surface area contributed by atoms with Crippen molar-refractivity contribution < 1.29 is 14.2 Å². The molecule has 0 atom stereocenters. The van der Waals surface area contributed by atoms with Crippen molar-refractivity contribution in [2.75, 3.05) is 25.4 Å². The molecule has 1 heterocycles. The molecule has 136 valence electrons. The van der Waals surface area contributed by atoms with Gasteiger partial charge >= 0.3 is 0 Å². The lowest BCUT2D eigenvalue weighted by molar-refractivity contribution is 0.0944. The van der Waals surface area contributed by atoms with Crippen LogP contribution >= 0.6 is 31.9 Å². The standard InChI is InChI=1S/C15H19Br2N5O3/c1-2-5-24-13-9(6-10(16)7-11(13)17)8-19-3-4-20-15(23)12-14(18)22-25-21-12/h6-7,19H,2-5,8H2,1H3,(H2,18,22)(H,20,23). The summed E-state index contributed by atoms with van der Waals surface area (Å²) < 4.78 is 12.1. The fourth-order valence-corrected chi connectivity index (χ4v) is 3.46. The third kappa shape index (κ3) is 5.68. The molecule has 2 aromatic rings. The summed E-state index contributed by atoms with van der Waals surface area (Å²) in [6.45, 7) is 4.28. The predicted molar refractivity (Wildman–Crippen MR) is 100 cm³/mol. The van der Waals surface area contributed by atoms with Crippen molar-refractivity contribution in [3.63, 3.8) is 0 Å². The lowest BCUT2D eigenvalue weighted by Gasteiger charge is -2.14. The van der Waals surface area contributed by atoms with Crippen LogP contribution in [-0.4, -0.2) is 35.9 Å². The molecule has 4 N–H and O–H groups in total. The first-order valence-electron chi connectivity index (χ1n) is 7.70. The number of carbonyl (C=O) groups excluding carboxylic acids is 1. The topological polar surface area (TPSA) is 115 Å². The number of nitrogens with zero attached hydrogens (tertiary/aromatic N) is 2. The van der Waals surface area contributed by atoms with E-state index >= 15 is 0 Å². The number of nitrogens with two attached hydrogens (primary N) is 1. The molecular formula is C15H19Br2N5O3. The van der Waals surface area contributed by atoms with Crippen molar-refractivity contribution in [3.05, 3.63) is 32.3 Å². The maximum atomic E-state index is 11.8. The number of anilines is 1. The van der Waals surface area contributed by atoms with Crippen LogP contribution < -0.4 is 21.1 Å². The third-order valence-corrected chi connectivity index (χ3v) is 4.21. The lowest BCUT2D eigenvalue weighted by atomic mass is 10.2. The highest BCUT2D eigenvalue weighted by atomic mass is 79.9. The summed E-state index contributed by atoms with van der Waals surface area (Å²) in [5, 5.41) is 12.8. The Morgan fingerprint density at radius 3 is 2.80 bits per heavy atom. The van der Waals surface area contributed by atoms with Crippen LogP contribution in [0.5, 0.6) is 5.75 Å². The summed E-state index contributed by atoms with van der Waals surface area (Å²) in [7, 11) is 0. The second kappa shape index (κ2) is 9.73. The summed E-state index contributed by atoms with van der Waals surface area (Å²) in [6.07, 6.45) is 0.932. The smallest absolute Gasteiger partial charge is 0.277 e. The first-order valence-corrected chi connectivity index (χ1v) is 9.29.